The van der Waals surface area contributed by atoms with Gasteiger partial charge in [-0.25, -0.2) is 9.18 Å². The van der Waals surface area contributed by atoms with E-state index < -0.39 is 11.4 Å². The summed E-state index contributed by atoms with van der Waals surface area (Å²) >= 11 is 9.47. The number of amides is 1. The quantitative estimate of drug-likeness (QED) is 0.503. The minimum absolute atomic E-state index is 0.130. The number of carbonyl (C=O) groups is 1. The number of likely N-dealkylation sites (N-methyl/N-ethyl adjacent to an activating group) is 1. The first-order chi connectivity index (χ1) is 16.0. The van der Waals surface area contributed by atoms with Crippen molar-refractivity contribution < 1.29 is 18.7 Å². The summed E-state index contributed by atoms with van der Waals surface area (Å²) < 4.78 is 26.7. The number of likely N-dealkylation sites (tertiary alicyclic amines) is 1. The summed E-state index contributed by atoms with van der Waals surface area (Å²) in [6.45, 7) is 8.91. The molecule has 3 heterocycles. The van der Waals surface area contributed by atoms with Crippen LogP contribution in [0, 0.1) is 5.82 Å². The number of halogens is 3. The predicted octanol–water partition coefficient (Wildman–Crippen LogP) is 4.71. The molecular weight excluding hydrogens is 529 g/mol. The molecule has 2 saturated heterocycles. The van der Waals surface area contributed by atoms with Crippen LogP contribution in [0.1, 0.15) is 33.6 Å². The molecular formula is C23H30BrClFN5O3. The minimum Gasteiger partial charge on any atom is -0.462 e. The van der Waals surface area contributed by atoms with Crippen LogP contribution in [0.4, 0.5) is 15.0 Å². The lowest BCUT2D eigenvalue weighted by Crippen LogP contribution is -2.50. The van der Waals surface area contributed by atoms with Crippen LogP contribution in [0.25, 0.3) is 10.9 Å². The molecule has 0 saturated carbocycles. The van der Waals surface area contributed by atoms with Gasteiger partial charge in [0.1, 0.15) is 23.5 Å². The molecule has 1 aromatic carbocycles. The molecule has 186 valence electrons. The zero-order valence-corrected chi connectivity index (χ0v) is 22.2. The van der Waals surface area contributed by atoms with Gasteiger partial charge in [-0.05, 0) is 69.2 Å². The van der Waals surface area contributed by atoms with E-state index in [2.05, 4.69) is 37.8 Å². The van der Waals surface area contributed by atoms with Gasteiger partial charge in [0.15, 0.2) is 5.82 Å². The van der Waals surface area contributed by atoms with Crippen molar-refractivity contribution >= 4 is 50.3 Å². The highest BCUT2D eigenvalue weighted by atomic mass is 79.9. The van der Waals surface area contributed by atoms with Crippen molar-refractivity contribution in [2.75, 3.05) is 51.3 Å². The number of benzene rings is 1. The van der Waals surface area contributed by atoms with Crippen LogP contribution in [-0.2, 0) is 4.74 Å². The van der Waals surface area contributed by atoms with Crippen LogP contribution in [0.15, 0.2) is 10.5 Å². The lowest BCUT2D eigenvalue weighted by atomic mass is 10.2. The van der Waals surface area contributed by atoms with Crippen LogP contribution in [0.3, 0.4) is 0 Å². The Morgan fingerprint density at radius 1 is 1.24 bits per heavy atom. The molecule has 0 N–H and O–H groups in total. The number of aromatic nitrogens is 2. The van der Waals surface area contributed by atoms with E-state index in [0.29, 0.717) is 44.0 Å². The zero-order chi connectivity index (χ0) is 24.6. The summed E-state index contributed by atoms with van der Waals surface area (Å²) in [5, 5.41) is 0.741. The molecule has 2 aliphatic rings. The van der Waals surface area contributed by atoms with Crippen molar-refractivity contribution in [2.45, 2.75) is 45.3 Å². The number of ether oxygens (including phenoxy) is 2. The molecule has 1 amide bonds. The molecule has 0 bridgehead atoms. The molecule has 0 spiro atoms. The van der Waals surface area contributed by atoms with Crippen LogP contribution in [0.2, 0.25) is 5.02 Å². The Bertz CT molecular complexity index is 1070. The number of hydrogen-bond donors (Lipinski definition) is 0. The Morgan fingerprint density at radius 2 is 1.94 bits per heavy atom. The van der Waals surface area contributed by atoms with Gasteiger partial charge in [-0.2, -0.15) is 9.97 Å². The lowest BCUT2D eigenvalue weighted by molar-refractivity contribution is 0.0240. The summed E-state index contributed by atoms with van der Waals surface area (Å²) in [5.41, 5.74) is -0.413. The monoisotopic (exact) mass is 557 g/mol. The standard InChI is InChI=1S/C23H30BrClFN5O3/c1-23(2,3)34-22(32)31-10-8-30(9-11-31)20-15-12-16(25)17(24)18(26)19(15)27-21(28-20)33-13-14-6-5-7-29(14)4/h12,14H,5-11,13H2,1-4H3/t14-/m0/s1. The largest absolute Gasteiger partial charge is 0.462 e. The Morgan fingerprint density at radius 3 is 2.56 bits per heavy atom. The number of rotatable bonds is 4. The maximum Gasteiger partial charge on any atom is 0.410 e. The normalized spacial score (nSPS) is 19.7. The molecule has 8 nitrogen and oxygen atoms in total. The molecule has 0 radical (unpaired) electrons. The number of nitrogens with zero attached hydrogens (tertiary/aromatic N) is 5. The molecule has 2 aliphatic heterocycles. The first kappa shape index (κ1) is 25.2. The Labute approximate surface area is 212 Å². The van der Waals surface area contributed by atoms with Gasteiger partial charge in [-0.15, -0.1) is 0 Å². The van der Waals surface area contributed by atoms with Crippen LogP contribution in [0.5, 0.6) is 6.01 Å². The zero-order valence-electron chi connectivity index (χ0n) is 19.9. The number of hydrogen-bond acceptors (Lipinski definition) is 7. The summed E-state index contributed by atoms with van der Waals surface area (Å²) in [7, 11) is 2.07. The van der Waals surface area contributed by atoms with E-state index in [-0.39, 0.29) is 33.2 Å². The topological polar surface area (TPSA) is 71.0 Å². The van der Waals surface area contributed by atoms with E-state index in [4.69, 9.17) is 21.1 Å². The van der Waals surface area contributed by atoms with Crippen LogP contribution in [-0.4, -0.2) is 83.9 Å². The molecule has 1 atom stereocenters. The van der Waals surface area contributed by atoms with Gasteiger partial charge in [-0.3, -0.25) is 0 Å². The third kappa shape index (κ3) is 5.49. The number of carbonyl (C=O) groups excluding carboxylic acids is 1. The van der Waals surface area contributed by atoms with Gasteiger partial charge in [0, 0.05) is 37.6 Å². The summed E-state index contributed by atoms with van der Waals surface area (Å²) in [6.07, 6.45) is 1.82. The van der Waals surface area contributed by atoms with Gasteiger partial charge in [0.25, 0.3) is 0 Å². The predicted molar refractivity (Wildman–Crippen MR) is 133 cm³/mol. The Hall–Kier alpha value is -1.91. The molecule has 2 aromatic rings. The maximum absolute atomic E-state index is 15.1. The third-order valence-corrected chi connectivity index (χ3v) is 7.40. The average Bonchev–Trinajstić information content (AvgIpc) is 3.19. The van der Waals surface area contributed by atoms with E-state index in [9.17, 15) is 4.79 Å². The van der Waals surface area contributed by atoms with E-state index in [1.807, 2.05) is 25.7 Å². The SMILES string of the molecule is CN1CCC[C@H]1COc1nc(N2CCN(C(=O)OC(C)(C)C)CC2)c2cc(Cl)c(Br)c(F)c2n1. The fourth-order valence-electron chi connectivity index (χ4n) is 4.23. The summed E-state index contributed by atoms with van der Waals surface area (Å²) in [6, 6.07) is 2.07. The fraction of sp³-hybridized carbons (Fsp3) is 0.609. The van der Waals surface area contributed by atoms with Crippen molar-refractivity contribution in [1.29, 1.82) is 0 Å². The van der Waals surface area contributed by atoms with Crippen molar-refractivity contribution in [3.8, 4) is 6.01 Å². The van der Waals surface area contributed by atoms with E-state index in [1.54, 1.807) is 11.0 Å². The van der Waals surface area contributed by atoms with E-state index >= 15 is 4.39 Å². The van der Waals surface area contributed by atoms with Crippen LogP contribution >= 0.6 is 27.5 Å². The molecule has 1 aromatic heterocycles. The van der Waals surface area contributed by atoms with Gasteiger partial charge < -0.3 is 24.2 Å². The Kier molecular flexibility index (Phi) is 7.40. The second kappa shape index (κ2) is 9.99. The molecule has 4 rings (SSSR count). The minimum atomic E-state index is -0.557. The third-order valence-electron chi connectivity index (χ3n) is 6.09. The number of anilines is 1. The maximum atomic E-state index is 15.1. The van der Waals surface area contributed by atoms with Crippen molar-refractivity contribution in [1.82, 2.24) is 19.8 Å². The molecule has 34 heavy (non-hydrogen) atoms. The van der Waals surface area contributed by atoms with Gasteiger partial charge in [0.05, 0.1) is 9.50 Å². The number of fused-ring (bicyclic) bond motifs is 1. The second-order valence-corrected chi connectivity index (χ2v) is 11.0. The highest BCUT2D eigenvalue weighted by molar-refractivity contribution is 9.10. The van der Waals surface area contributed by atoms with Gasteiger partial charge >= 0.3 is 12.1 Å². The van der Waals surface area contributed by atoms with Crippen molar-refractivity contribution in [3.63, 3.8) is 0 Å². The van der Waals surface area contributed by atoms with Gasteiger partial charge in [0.2, 0.25) is 0 Å². The average molecular weight is 559 g/mol. The van der Waals surface area contributed by atoms with E-state index in [1.165, 1.54) is 0 Å². The second-order valence-electron chi connectivity index (χ2n) is 9.75. The van der Waals surface area contributed by atoms with Crippen LogP contribution < -0.4 is 9.64 Å². The molecule has 0 unspecified atom stereocenters. The summed E-state index contributed by atoms with van der Waals surface area (Å²) in [4.78, 5) is 27.4. The Balaban J connectivity index is 1.60. The highest BCUT2D eigenvalue weighted by Gasteiger charge is 2.29. The molecule has 0 aliphatic carbocycles. The number of piperazine rings is 1. The van der Waals surface area contributed by atoms with Crippen molar-refractivity contribution in [2.24, 2.45) is 0 Å². The summed E-state index contributed by atoms with van der Waals surface area (Å²) in [5.74, 6) is -0.0155. The van der Waals surface area contributed by atoms with Crippen molar-refractivity contribution in [3.05, 3.63) is 21.4 Å². The first-order valence-corrected chi connectivity index (χ1v) is 12.6. The lowest BCUT2D eigenvalue weighted by Gasteiger charge is -2.36. The first-order valence-electron chi connectivity index (χ1n) is 11.4. The fourth-order valence-corrected chi connectivity index (χ4v) is 4.72. The van der Waals surface area contributed by atoms with E-state index in [0.717, 1.165) is 19.4 Å². The smallest absolute Gasteiger partial charge is 0.410 e. The van der Waals surface area contributed by atoms with Gasteiger partial charge in [-0.1, -0.05) is 11.6 Å². The molecule has 11 heteroatoms. The molecule has 2 fully saturated rings. The highest BCUT2D eigenvalue weighted by Crippen LogP contribution is 2.36.